The Bertz CT molecular complexity index is 500. The lowest BCUT2D eigenvalue weighted by Crippen LogP contribution is -2.14. The first-order chi connectivity index (χ1) is 7.33. The van der Waals surface area contributed by atoms with E-state index in [0.29, 0.717) is 0 Å². The van der Waals surface area contributed by atoms with Crippen LogP contribution in [0, 0.1) is 12.3 Å². The molecule has 3 N–H and O–H groups in total. The van der Waals surface area contributed by atoms with Crippen LogP contribution >= 0.6 is 0 Å². The Hall–Kier alpha value is -1.43. The van der Waals surface area contributed by atoms with E-state index in [-0.39, 0.29) is 5.25 Å². The van der Waals surface area contributed by atoms with Gasteiger partial charge >= 0.3 is 0 Å². The monoisotopic (exact) mass is 240 g/mol. The van der Waals surface area contributed by atoms with E-state index < -0.39 is 15.7 Å². The molecule has 0 bridgehead atoms. The molecule has 88 valence electrons. The molecule has 1 rings (SSSR count). The van der Waals surface area contributed by atoms with Crippen molar-refractivity contribution in [1.82, 2.24) is 4.98 Å². The molecule has 6 heteroatoms. The van der Waals surface area contributed by atoms with Gasteiger partial charge in [-0.1, -0.05) is 6.07 Å². The minimum absolute atomic E-state index is 0.301. The van der Waals surface area contributed by atoms with Crippen molar-refractivity contribution in [2.75, 3.05) is 6.26 Å². The molecule has 1 heterocycles. The quantitative estimate of drug-likeness (QED) is 0.605. The molecule has 0 amide bonds. The smallest absolute Gasteiger partial charge is 0.220 e. The van der Waals surface area contributed by atoms with Gasteiger partial charge in [-0.25, -0.2) is 4.21 Å². The fraction of sp³-hybridized carbons (Fsp3) is 0.400. The zero-order chi connectivity index (χ0) is 12.3. The van der Waals surface area contributed by atoms with E-state index in [2.05, 4.69) is 9.35 Å². The second-order valence-electron chi connectivity index (χ2n) is 3.71. The molecule has 2 unspecified atom stereocenters. The molecular weight excluding hydrogens is 224 g/mol. The van der Waals surface area contributed by atoms with Crippen LogP contribution in [0.5, 0.6) is 0 Å². The lowest BCUT2D eigenvalue weighted by molar-refractivity contribution is 0.673. The number of guanidine groups is 1. The zero-order valence-corrected chi connectivity index (χ0v) is 10.4. The lowest BCUT2D eigenvalue weighted by atomic mass is 10.2. The summed E-state index contributed by atoms with van der Waals surface area (Å²) in [5.74, 6) is -0.403. The number of pyridine rings is 1. The molecule has 0 fully saturated rings. The van der Waals surface area contributed by atoms with Gasteiger partial charge in [-0.05, 0) is 25.5 Å². The summed E-state index contributed by atoms with van der Waals surface area (Å²) < 4.78 is 15.8. The lowest BCUT2D eigenvalue weighted by Gasteiger charge is -2.13. The highest BCUT2D eigenvalue weighted by Gasteiger charge is 2.16. The van der Waals surface area contributed by atoms with E-state index >= 15 is 0 Å². The molecule has 0 spiro atoms. The van der Waals surface area contributed by atoms with Gasteiger partial charge in [-0.2, -0.15) is 4.36 Å². The molecule has 0 aliphatic carbocycles. The normalized spacial score (nSPS) is 16.2. The van der Waals surface area contributed by atoms with Crippen LogP contribution in [-0.2, 0) is 9.73 Å². The predicted molar refractivity (Wildman–Crippen MR) is 65.8 cm³/mol. The molecule has 0 aliphatic heterocycles. The van der Waals surface area contributed by atoms with Crippen LogP contribution in [0.2, 0.25) is 0 Å². The van der Waals surface area contributed by atoms with Crippen molar-refractivity contribution >= 4 is 15.7 Å². The molecule has 0 saturated heterocycles. The van der Waals surface area contributed by atoms with E-state index in [1.807, 2.05) is 19.1 Å². The summed E-state index contributed by atoms with van der Waals surface area (Å²) in [5.41, 5.74) is 6.88. The molecular formula is C10H16N4OS. The number of nitrogens with one attached hydrogen (secondary N) is 1. The zero-order valence-electron chi connectivity index (χ0n) is 9.60. The average molecular weight is 240 g/mol. The number of nitrogens with zero attached hydrogens (tertiary/aromatic N) is 2. The molecule has 1 aromatic heterocycles. The molecule has 1 aromatic rings. The summed E-state index contributed by atoms with van der Waals surface area (Å²) in [7, 11) is -2.54. The summed E-state index contributed by atoms with van der Waals surface area (Å²) in [6.07, 6.45) is 3.18. The van der Waals surface area contributed by atoms with E-state index in [1.165, 1.54) is 6.26 Å². The number of hydrogen-bond donors (Lipinski definition) is 2. The Labute approximate surface area is 95.8 Å². The largest absolute Gasteiger partial charge is 0.368 e. The number of rotatable bonds is 2. The van der Waals surface area contributed by atoms with Crippen molar-refractivity contribution in [3.8, 4) is 0 Å². The Kier molecular flexibility index (Phi) is 3.64. The van der Waals surface area contributed by atoms with Gasteiger partial charge < -0.3 is 5.73 Å². The number of nitrogens with two attached hydrogens (primary N) is 1. The predicted octanol–water partition coefficient (Wildman–Crippen LogP) is 1.44. The van der Waals surface area contributed by atoms with Crippen molar-refractivity contribution in [3.63, 3.8) is 0 Å². The van der Waals surface area contributed by atoms with E-state index in [9.17, 15) is 4.21 Å². The first-order valence-corrected chi connectivity index (χ1v) is 6.79. The van der Waals surface area contributed by atoms with Crippen LogP contribution in [0.3, 0.4) is 0 Å². The number of aryl methyl sites for hydroxylation is 1. The average Bonchev–Trinajstić information content (AvgIpc) is 2.16. The Morgan fingerprint density at radius 2 is 2.25 bits per heavy atom. The second kappa shape index (κ2) is 4.61. The molecule has 0 aromatic carbocycles. The summed E-state index contributed by atoms with van der Waals surface area (Å²) in [6.45, 7) is 3.68. The van der Waals surface area contributed by atoms with Crippen LogP contribution in [0.15, 0.2) is 22.7 Å². The Morgan fingerprint density at radius 3 is 2.69 bits per heavy atom. The van der Waals surface area contributed by atoms with Crippen molar-refractivity contribution in [3.05, 3.63) is 29.6 Å². The molecule has 2 atom stereocenters. The fourth-order valence-corrected chi connectivity index (χ4v) is 2.44. The first-order valence-electron chi connectivity index (χ1n) is 4.80. The topological polar surface area (TPSA) is 92.2 Å². The highest BCUT2D eigenvalue weighted by Crippen LogP contribution is 2.21. The molecule has 0 aliphatic rings. The van der Waals surface area contributed by atoms with E-state index in [4.69, 9.17) is 11.1 Å². The SMILES string of the molecule is Cc1ccc(C(C)S(C)(=O)=NC(=N)N)cn1. The highest BCUT2D eigenvalue weighted by atomic mass is 32.2. The van der Waals surface area contributed by atoms with Crippen molar-refractivity contribution in [2.24, 2.45) is 10.1 Å². The summed E-state index contributed by atoms with van der Waals surface area (Å²) in [6, 6.07) is 3.72. The second-order valence-corrected chi connectivity index (χ2v) is 6.32. The fourth-order valence-electron chi connectivity index (χ4n) is 1.25. The Morgan fingerprint density at radius 1 is 1.62 bits per heavy atom. The number of hydrogen-bond acceptors (Lipinski definition) is 3. The van der Waals surface area contributed by atoms with Crippen LogP contribution in [0.1, 0.15) is 23.4 Å². The third-order valence-electron chi connectivity index (χ3n) is 2.34. The van der Waals surface area contributed by atoms with Crippen molar-refractivity contribution in [2.45, 2.75) is 19.1 Å². The van der Waals surface area contributed by atoms with E-state index in [1.54, 1.807) is 13.1 Å². The minimum Gasteiger partial charge on any atom is -0.368 e. The maximum atomic E-state index is 12.2. The first kappa shape index (κ1) is 12.6. The van der Waals surface area contributed by atoms with Gasteiger partial charge in [0.15, 0.2) is 0 Å². The third kappa shape index (κ3) is 3.03. The molecule has 5 nitrogen and oxygen atoms in total. The number of aromatic nitrogens is 1. The van der Waals surface area contributed by atoms with Gasteiger partial charge in [0, 0.05) is 18.1 Å². The van der Waals surface area contributed by atoms with Gasteiger partial charge in [-0.3, -0.25) is 10.4 Å². The molecule has 0 radical (unpaired) electrons. The highest BCUT2D eigenvalue weighted by molar-refractivity contribution is 7.93. The van der Waals surface area contributed by atoms with Gasteiger partial charge in [0.05, 0.1) is 15.0 Å². The summed E-state index contributed by atoms with van der Waals surface area (Å²) in [4.78, 5) is 4.14. The standard InChI is InChI=1S/C10H16N4OS/c1-7-4-5-9(6-13-7)8(2)16(3,15)14-10(11)12/h4-6,8H,1-3H3,(H3,11,12). The Balaban J connectivity index is 3.12. The van der Waals surface area contributed by atoms with Crippen LogP contribution in [0.25, 0.3) is 0 Å². The minimum atomic E-state index is -2.54. The van der Waals surface area contributed by atoms with Gasteiger partial charge in [0.25, 0.3) is 0 Å². The van der Waals surface area contributed by atoms with Crippen molar-refractivity contribution in [1.29, 1.82) is 5.41 Å². The van der Waals surface area contributed by atoms with Crippen LogP contribution in [0.4, 0.5) is 0 Å². The van der Waals surface area contributed by atoms with Gasteiger partial charge in [-0.15, -0.1) is 0 Å². The summed E-state index contributed by atoms with van der Waals surface area (Å²) in [5, 5.41) is 6.75. The van der Waals surface area contributed by atoms with Gasteiger partial charge in [0.1, 0.15) is 0 Å². The van der Waals surface area contributed by atoms with Gasteiger partial charge in [0.2, 0.25) is 5.96 Å². The van der Waals surface area contributed by atoms with Crippen LogP contribution in [-0.4, -0.2) is 21.4 Å². The maximum absolute atomic E-state index is 12.2. The molecule has 0 saturated carbocycles. The maximum Gasteiger partial charge on any atom is 0.220 e. The summed E-state index contributed by atoms with van der Waals surface area (Å²) >= 11 is 0. The van der Waals surface area contributed by atoms with Crippen molar-refractivity contribution < 1.29 is 4.21 Å². The third-order valence-corrected chi connectivity index (χ3v) is 4.48. The molecule has 16 heavy (non-hydrogen) atoms. The van der Waals surface area contributed by atoms with Crippen LogP contribution < -0.4 is 5.73 Å². The van der Waals surface area contributed by atoms with E-state index in [0.717, 1.165) is 11.3 Å².